The first-order valence-electron chi connectivity index (χ1n) is 9.96. The summed E-state index contributed by atoms with van der Waals surface area (Å²) in [5.41, 5.74) is 0. The van der Waals surface area contributed by atoms with Gasteiger partial charge in [0.2, 0.25) is 5.91 Å². The average molecular weight is 358 g/mol. The Morgan fingerprint density at radius 1 is 1.20 bits per heavy atom. The number of rotatable bonds is 5. The molecule has 0 aromatic rings. The third kappa shape index (κ3) is 4.16. The summed E-state index contributed by atoms with van der Waals surface area (Å²) in [6, 6.07) is -0.152. The third-order valence-corrected chi connectivity index (χ3v) is 6.69. The topological polar surface area (TPSA) is 43.8 Å². The van der Waals surface area contributed by atoms with Gasteiger partial charge in [0.15, 0.2) is 0 Å². The highest BCUT2D eigenvalue weighted by molar-refractivity contribution is 5.79. The van der Waals surface area contributed by atoms with Crippen LogP contribution < -0.4 is 0 Å². The zero-order valence-electron chi connectivity index (χ0n) is 15.3. The van der Waals surface area contributed by atoms with Crippen molar-refractivity contribution in [2.45, 2.75) is 63.8 Å². The summed E-state index contributed by atoms with van der Waals surface area (Å²) in [7, 11) is 0. The molecule has 6 heteroatoms. The van der Waals surface area contributed by atoms with E-state index < -0.39 is 5.92 Å². The normalized spacial score (nSPS) is 33.9. The van der Waals surface area contributed by atoms with Crippen LogP contribution in [0.3, 0.4) is 0 Å². The van der Waals surface area contributed by atoms with Gasteiger partial charge in [-0.05, 0) is 24.7 Å². The molecule has 25 heavy (non-hydrogen) atoms. The van der Waals surface area contributed by atoms with Gasteiger partial charge in [-0.1, -0.05) is 26.2 Å². The zero-order chi connectivity index (χ0) is 18.0. The number of carbonyl (C=O) groups excluding carboxylic acids is 1. The van der Waals surface area contributed by atoms with E-state index in [1.807, 2.05) is 4.90 Å². The predicted molar refractivity (Wildman–Crippen MR) is 92.4 cm³/mol. The number of aliphatic hydroxyl groups excluding tert-OH is 1. The van der Waals surface area contributed by atoms with E-state index >= 15 is 0 Å². The molecule has 1 saturated carbocycles. The molecule has 144 valence electrons. The summed E-state index contributed by atoms with van der Waals surface area (Å²) in [5.74, 6) is -1.66. The molecule has 0 radical (unpaired) electrons. The number of carbonyl (C=O) groups is 1. The van der Waals surface area contributed by atoms with Crippen LogP contribution in [-0.4, -0.2) is 65.6 Å². The maximum Gasteiger partial charge on any atom is 0.250 e. The van der Waals surface area contributed by atoms with Crippen LogP contribution in [0.2, 0.25) is 0 Å². The van der Waals surface area contributed by atoms with Crippen LogP contribution >= 0.6 is 0 Å². The van der Waals surface area contributed by atoms with Gasteiger partial charge >= 0.3 is 0 Å². The monoisotopic (exact) mass is 358 g/mol. The van der Waals surface area contributed by atoms with Gasteiger partial charge in [-0.3, -0.25) is 4.79 Å². The van der Waals surface area contributed by atoms with Crippen LogP contribution in [0.1, 0.15) is 51.9 Å². The zero-order valence-corrected chi connectivity index (χ0v) is 15.3. The Morgan fingerprint density at radius 3 is 2.40 bits per heavy atom. The molecule has 0 aromatic carbocycles. The van der Waals surface area contributed by atoms with Crippen LogP contribution in [0.25, 0.3) is 0 Å². The van der Waals surface area contributed by atoms with Gasteiger partial charge in [-0.2, -0.15) is 0 Å². The summed E-state index contributed by atoms with van der Waals surface area (Å²) in [6.07, 6.45) is 4.98. The molecule has 1 amide bonds. The van der Waals surface area contributed by atoms with E-state index in [2.05, 4.69) is 11.8 Å². The Labute approximate surface area is 149 Å². The quantitative estimate of drug-likeness (QED) is 0.822. The SMILES string of the molecule is CC[C@@H]1CN(C(=O)C2CCCC2)[C@H](CO)[C@@H]1CN1CCC(F)(F)CC1. The molecule has 2 saturated heterocycles. The fraction of sp³-hybridized carbons (Fsp3) is 0.947. The molecule has 3 aliphatic rings. The van der Waals surface area contributed by atoms with E-state index in [9.17, 15) is 18.7 Å². The molecule has 3 fully saturated rings. The van der Waals surface area contributed by atoms with Crippen LogP contribution in [0.5, 0.6) is 0 Å². The number of nitrogens with zero attached hydrogens (tertiary/aromatic N) is 2. The second kappa shape index (κ2) is 7.87. The number of likely N-dealkylation sites (tertiary alicyclic amines) is 2. The smallest absolute Gasteiger partial charge is 0.250 e. The molecule has 3 atom stereocenters. The largest absolute Gasteiger partial charge is 0.394 e. The first-order chi connectivity index (χ1) is 11.9. The molecule has 2 heterocycles. The highest BCUT2D eigenvalue weighted by atomic mass is 19.3. The summed E-state index contributed by atoms with van der Waals surface area (Å²) < 4.78 is 26.8. The van der Waals surface area contributed by atoms with Crippen molar-refractivity contribution in [1.82, 2.24) is 9.80 Å². The van der Waals surface area contributed by atoms with Crippen LogP contribution in [0.4, 0.5) is 8.78 Å². The molecule has 0 aromatic heterocycles. The maximum atomic E-state index is 13.4. The number of hydrogen-bond donors (Lipinski definition) is 1. The standard InChI is InChI=1S/C19H32F2N2O2/c1-2-14-11-23(18(25)15-5-3-4-6-15)17(13-24)16(14)12-22-9-7-19(20,21)8-10-22/h14-17,24H,2-13H2,1H3/t14-,16-,17-/m1/s1. The van der Waals surface area contributed by atoms with Crippen molar-refractivity contribution in [3.8, 4) is 0 Å². The van der Waals surface area contributed by atoms with Crippen LogP contribution in [0.15, 0.2) is 0 Å². The van der Waals surface area contributed by atoms with Crippen molar-refractivity contribution in [1.29, 1.82) is 0 Å². The van der Waals surface area contributed by atoms with E-state index in [1.54, 1.807) is 0 Å². The molecule has 4 nitrogen and oxygen atoms in total. The predicted octanol–water partition coefficient (Wildman–Crippen LogP) is 2.75. The number of aliphatic hydroxyl groups is 1. The minimum absolute atomic E-state index is 0.0242. The van der Waals surface area contributed by atoms with Gasteiger partial charge < -0.3 is 14.9 Å². The summed E-state index contributed by atoms with van der Waals surface area (Å²) in [4.78, 5) is 16.9. The minimum atomic E-state index is -2.53. The minimum Gasteiger partial charge on any atom is -0.394 e. The lowest BCUT2D eigenvalue weighted by atomic mass is 9.87. The molecular weight excluding hydrogens is 326 g/mol. The molecule has 0 unspecified atom stereocenters. The Hall–Kier alpha value is -0.750. The lowest BCUT2D eigenvalue weighted by molar-refractivity contribution is -0.137. The van der Waals surface area contributed by atoms with E-state index in [1.165, 1.54) is 0 Å². The number of alkyl halides is 2. The van der Waals surface area contributed by atoms with E-state index in [0.717, 1.165) is 32.1 Å². The van der Waals surface area contributed by atoms with E-state index in [4.69, 9.17) is 0 Å². The van der Waals surface area contributed by atoms with Crippen molar-refractivity contribution in [3.63, 3.8) is 0 Å². The van der Waals surface area contributed by atoms with Gasteiger partial charge in [0, 0.05) is 44.9 Å². The van der Waals surface area contributed by atoms with E-state index in [-0.39, 0.29) is 43.2 Å². The van der Waals surface area contributed by atoms with Crippen molar-refractivity contribution >= 4 is 5.91 Å². The third-order valence-electron chi connectivity index (χ3n) is 6.69. The number of amides is 1. The Bertz CT molecular complexity index is 458. The lowest BCUT2D eigenvalue weighted by Crippen LogP contribution is -2.47. The second-order valence-electron chi connectivity index (χ2n) is 8.21. The molecule has 1 aliphatic carbocycles. The molecule has 2 aliphatic heterocycles. The first kappa shape index (κ1) is 19.0. The second-order valence-corrected chi connectivity index (χ2v) is 8.21. The molecule has 3 rings (SSSR count). The number of halogens is 2. The highest BCUT2D eigenvalue weighted by Gasteiger charge is 2.45. The highest BCUT2D eigenvalue weighted by Crippen LogP contribution is 2.37. The molecule has 0 spiro atoms. The molecule has 0 bridgehead atoms. The van der Waals surface area contributed by atoms with Gasteiger partial charge in [-0.25, -0.2) is 8.78 Å². The van der Waals surface area contributed by atoms with Gasteiger partial charge in [-0.15, -0.1) is 0 Å². The average Bonchev–Trinajstić information content (AvgIpc) is 3.23. The lowest BCUT2D eigenvalue weighted by Gasteiger charge is -2.36. The van der Waals surface area contributed by atoms with E-state index in [0.29, 0.717) is 32.1 Å². The Balaban J connectivity index is 1.66. The fourth-order valence-electron chi connectivity index (χ4n) is 5.03. The summed E-state index contributed by atoms with van der Waals surface area (Å²) in [5, 5.41) is 9.99. The van der Waals surface area contributed by atoms with Crippen LogP contribution in [0, 0.1) is 17.8 Å². The Morgan fingerprint density at radius 2 is 1.84 bits per heavy atom. The summed E-state index contributed by atoms with van der Waals surface area (Å²) in [6.45, 7) is 4.35. The van der Waals surface area contributed by atoms with Crippen molar-refractivity contribution in [2.75, 3.05) is 32.8 Å². The van der Waals surface area contributed by atoms with Gasteiger partial charge in [0.1, 0.15) is 0 Å². The van der Waals surface area contributed by atoms with Gasteiger partial charge in [0.25, 0.3) is 5.92 Å². The maximum absolute atomic E-state index is 13.4. The van der Waals surface area contributed by atoms with Crippen molar-refractivity contribution in [2.24, 2.45) is 17.8 Å². The number of piperidine rings is 1. The van der Waals surface area contributed by atoms with Crippen LogP contribution in [-0.2, 0) is 4.79 Å². The van der Waals surface area contributed by atoms with Crippen molar-refractivity contribution in [3.05, 3.63) is 0 Å². The summed E-state index contributed by atoms with van der Waals surface area (Å²) >= 11 is 0. The number of hydrogen-bond acceptors (Lipinski definition) is 3. The molecular formula is C19H32F2N2O2. The van der Waals surface area contributed by atoms with Crippen molar-refractivity contribution < 1.29 is 18.7 Å². The first-order valence-corrected chi connectivity index (χ1v) is 9.96. The molecule has 1 N–H and O–H groups in total. The van der Waals surface area contributed by atoms with Gasteiger partial charge in [0.05, 0.1) is 12.6 Å². The Kier molecular flexibility index (Phi) is 5.99. The fourth-order valence-corrected chi connectivity index (χ4v) is 5.03.